The molecule has 3 fully saturated rings. The Kier molecular flexibility index (Phi) is 10.8. The number of benzene rings is 2. The van der Waals surface area contributed by atoms with Gasteiger partial charge in [0.15, 0.2) is 11.6 Å². The molecule has 1 unspecified atom stereocenters. The van der Waals surface area contributed by atoms with Crippen LogP contribution in [0.25, 0.3) is 10.9 Å². The number of β-amino-alcohol motifs (C(OH)–C–C–N with tert-alkyl or cyclic N) is 1. The summed E-state index contributed by atoms with van der Waals surface area (Å²) in [5.74, 6) is -0.731. The van der Waals surface area contributed by atoms with Crippen molar-refractivity contribution in [3.8, 4) is 5.75 Å². The summed E-state index contributed by atoms with van der Waals surface area (Å²) >= 11 is 0. The van der Waals surface area contributed by atoms with Crippen LogP contribution < -0.4 is 9.64 Å². The largest absolute Gasteiger partial charge is 0.491 e. The van der Waals surface area contributed by atoms with Crippen LogP contribution >= 0.6 is 0 Å². The van der Waals surface area contributed by atoms with Crippen molar-refractivity contribution < 1.29 is 26.9 Å². The Bertz CT molecular complexity index is 1690. The molecule has 4 heterocycles. The molecule has 1 atom stereocenters. The Morgan fingerprint density at radius 1 is 0.936 bits per heavy atom. The normalized spacial score (nSPS) is 20.6. The lowest BCUT2D eigenvalue weighted by Crippen LogP contribution is -2.55. The van der Waals surface area contributed by atoms with Crippen molar-refractivity contribution in [3.05, 3.63) is 48.4 Å². The van der Waals surface area contributed by atoms with Crippen LogP contribution in [0.2, 0.25) is 0 Å². The number of hydrogen-bond donors (Lipinski definition) is 1. The maximum atomic E-state index is 14.9. The fourth-order valence-electron chi connectivity index (χ4n) is 7.45. The molecular formula is C34H46FN5O5S2. The summed E-state index contributed by atoms with van der Waals surface area (Å²) in [4.78, 5) is 14.6. The second-order valence-corrected chi connectivity index (χ2v) is 16.0. The number of aliphatic hydroxyl groups excluding tert-OH is 1. The first kappa shape index (κ1) is 34.2. The van der Waals surface area contributed by atoms with Crippen LogP contribution in [0.4, 0.5) is 10.1 Å². The van der Waals surface area contributed by atoms with Crippen LogP contribution in [0, 0.1) is 5.82 Å². The van der Waals surface area contributed by atoms with Crippen molar-refractivity contribution >= 4 is 37.2 Å². The molecule has 0 radical (unpaired) electrons. The van der Waals surface area contributed by atoms with Crippen molar-refractivity contribution in [1.29, 1.82) is 0 Å². The van der Waals surface area contributed by atoms with E-state index in [9.17, 15) is 22.1 Å². The van der Waals surface area contributed by atoms with Gasteiger partial charge in [0.25, 0.3) is 0 Å². The Labute approximate surface area is 279 Å². The topological polar surface area (TPSA) is 107 Å². The zero-order chi connectivity index (χ0) is 33.1. The first-order valence-corrected chi connectivity index (χ1v) is 19.7. The first-order chi connectivity index (χ1) is 22.7. The number of hydrogen-bond acceptors (Lipinski definition) is 10. The lowest BCUT2D eigenvalue weighted by atomic mass is 9.96. The standard InChI is InChI=1S/C34H46FN5O5S2/c1-3-45-32-7-5-28(23-30(32)35)47(43,44)33-24-36-31-6-4-27(46(2)42)22-29(31)34(33)40-14-10-25(11-15-40)38-12-8-26(9-13-38)39-18-16-37(17-19-39)20-21-41/h4-7,22-26,41H,3,8-21H2,1-2H3. The van der Waals surface area contributed by atoms with Gasteiger partial charge in [0.05, 0.1) is 29.3 Å². The molecule has 0 spiro atoms. The smallest absolute Gasteiger partial charge is 0.210 e. The highest BCUT2D eigenvalue weighted by atomic mass is 32.2. The molecule has 13 heteroatoms. The number of fused-ring (bicyclic) bond motifs is 1. The van der Waals surface area contributed by atoms with Crippen LogP contribution in [0.15, 0.2) is 57.3 Å². The maximum Gasteiger partial charge on any atom is 0.210 e. The number of aromatic nitrogens is 1. The van der Waals surface area contributed by atoms with Crippen LogP contribution in [-0.2, 0) is 20.6 Å². The monoisotopic (exact) mass is 687 g/mol. The Morgan fingerprint density at radius 2 is 1.60 bits per heavy atom. The zero-order valence-electron chi connectivity index (χ0n) is 27.3. The van der Waals surface area contributed by atoms with Crippen LogP contribution in [0.5, 0.6) is 5.75 Å². The number of anilines is 1. The SMILES string of the molecule is CCOc1ccc(S(=O)(=O)c2cnc3ccc(S(C)=O)cc3c2N2CCC(N3CCC(N4CCN(CCO)CC4)CC3)CC2)cc1F. The van der Waals surface area contributed by atoms with E-state index in [4.69, 9.17) is 4.74 Å². The van der Waals surface area contributed by atoms with E-state index in [1.807, 2.05) is 0 Å². The summed E-state index contributed by atoms with van der Waals surface area (Å²) in [6, 6.07) is 10.1. The third-order valence-corrected chi connectivity index (χ3v) is 12.7. The number of halogens is 1. The number of aliphatic hydroxyl groups is 1. The molecule has 0 saturated carbocycles. The average Bonchev–Trinajstić information content (AvgIpc) is 3.09. The van der Waals surface area contributed by atoms with Crippen LogP contribution in [-0.4, -0.2) is 128 Å². The fraction of sp³-hybridized carbons (Fsp3) is 0.559. The van der Waals surface area contributed by atoms with Crippen molar-refractivity contribution in [2.24, 2.45) is 0 Å². The Balaban J connectivity index is 1.21. The number of likely N-dealkylation sites (tertiary alicyclic amines) is 1. The average molecular weight is 688 g/mol. The molecule has 3 aliphatic heterocycles. The summed E-state index contributed by atoms with van der Waals surface area (Å²) in [6.07, 6.45) is 7.06. The minimum Gasteiger partial charge on any atom is -0.491 e. The molecule has 6 rings (SSSR count). The second-order valence-electron chi connectivity index (χ2n) is 12.7. The van der Waals surface area contributed by atoms with Gasteiger partial charge >= 0.3 is 0 Å². The number of ether oxygens (including phenoxy) is 1. The number of pyridine rings is 1. The van der Waals surface area contributed by atoms with Crippen LogP contribution in [0.3, 0.4) is 0 Å². The van der Waals surface area contributed by atoms with Gasteiger partial charge in [0, 0.05) is 91.4 Å². The number of rotatable bonds is 10. The van der Waals surface area contributed by atoms with E-state index in [1.54, 1.807) is 31.4 Å². The van der Waals surface area contributed by atoms with Gasteiger partial charge in [-0.05, 0) is 82.1 Å². The van der Waals surface area contributed by atoms with Crippen LogP contribution in [0.1, 0.15) is 32.6 Å². The molecule has 3 aromatic rings. The van der Waals surface area contributed by atoms with Gasteiger partial charge in [-0.3, -0.25) is 19.0 Å². The fourth-order valence-corrected chi connectivity index (χ4v) is 9.44. The molecule has 10 nitrogen and oxygen atoms in total. The predicted octanol–water partition coefficient (Wildman–Crippen LogP) is 3.39. The molecule has 2 aromatic carbocycles. The van der Waals surface area contributed by atoms with Gasteiger partial charge in [-0.25, -0.2) is 12.8 Å². The minimum absolute atomic E-state index is 0.00473. The highest BCUT2D eigenvalue weighted by Crippen LogP contribution is 2.39. The van der Waals surface area contributed by atoms with E-state index in [2.05, 4.69) is 24.6 Å². The summed E-state index contributed by atoms with van der Waals surface area (Å²) in [5.41, 5.74) is 1.15. The molecule has 3 aliphatic rings. The van der Waals surface area contributed by atoms with Crippen molar-refractivity contribution in [3.63, 3.8) is 0 Å². The minimum atomic E-state index is -4.16. The van der Waals surface area contributed by atoms with E-state index in [-0.39, 0.29) is 28.8 Å². The molecule has 3 saturated heterocycles. The lowest BCUT2D eigenvalue weighted by molar-refractivity contribution is 0.0396. The van der Waals surface area contributed by atoms with Gasteiger partial charge in [-0.1, -0.05) is 0 Å². The van der Waals surface area contributed by atoms with Crippen molar-refractivity contribution in [2.45, 2.75) is 59.4 Å². The quantitative estimate of drug-likeness (QED) is 0.341. The van der Waals surface area contributed by atoms with Crippen molar-refractivity contribution in [1.82, 2.24) is 19.7 Å². The second kappa shape index (κ2) is 14.8. The highest BCUT2D eigenvalue weighted by Gasteiger charge is 2.34. The molecule has 0 aliphatic carbocycles. The van der Waals surface area contributed by atoms with Gasteiger partial charge in [0.2, 0.25) is 9.84 Å². The van der Waals surface area contributed by atoms with E-state index in [0.29, 0.717) is 46.7 Å². The highest BCUT2D eigenvalue weighted by molar-refractivity contribution is 7.91. The number of sulfone groups is 1. The lowest BCUT2D eigenvalue weighted by Gasteiger charge is -2.46. The molecule has 0 amide bonds. The van der Waals surface area contributed by atoms with Gasteiger partial charge in [-0.2, -0.15) is 0 Å². The summed E-state index contributed by atoms with van der Waals surface area (Å²) < 4.78 is 60.9. The number of piperidine rings is 2. The molecule has 47 heavy (non-hydrogen) atoms. The van der Waals surface area contributed by atoms with E-state index >= 15 is 0 Å². The number of piperazine rings is 1. The van der Waals surface area contributed by atoms with Gasteiger partial charge in [-0.15, -0.1) is 0 Å². The van der Waals surface area contributed by atoms with Crippen molar-refractivity contribution in [2.75, 3.05) is 83.3 Å². The molecule has 0 bridgehead atoms. The molecular weight excluding hydrogens is 642 g/mol. The first-order valence-electron chi connectivity index (χ1n) is 16.7. The third-order valence-electron chi connectivity index (χ3n) is 10.0. The molecule has 1 aromatic heterocycles. The molecule has 256 valence electrons. The predicted molar refractivity (Wildman–Crippen MR) is 182 cm³/mol. The number of nitrogens with zero attached hydrogens (tertiary/aromatic N) is 5. The van der Waals surface area contributed by atoms with E-state index in [0.717, 1.165) is 77.6 Å². The third kappa shape index (κ3) is 7.35. The summed E-state index contributed by atoms with van der Waals surface area (Å²) in [5, 5.41) is 9.88. The summed E-state index contributed by atoms with van der Waals surface area (Å²) in [6.45, 7) is 10.6. The van der Waals surface area contributed by atoms with E-state index < -0.39 is 26.5 Å². The summed E-state index contributed by atoms with van der Waals surface area (Å²) in [7, 11) is -5.43. The zero-order valence-corrected chi connectivity index (χ0v) is 28.9. The van der Waals surface area contributed by atoms with E-state index in [1.165, 1.54) is 18.3 Å². The van der Waals surface area contributed by atoms with Gasteiger partial charge in [0.1, 0.15) is 4.90 Å². The molecule has 1 N–H and O–H groups in total. The van der Waals surface area contributed by atoms with Gasteiger partial charge < -0.3 is 19.6 Å². The Hall–Kier alpha value is -2.68. The maximum absolute atomic E-state index is 14.9. The Morgan fingerprint density at radius 3 is 2.21 bits per heavy atom.